The summed E-state index contributed by atoms with van der Waals surface area (Å²) in [5.74, 6) is -0.656. The van der Waals surface area contributed by atoms with E-state index in [-0.39, 0.29) is 35.3 Å². The van der Waals surface area contributed by atoms with E-state index in [2.05, 4.69) is 10.5 Å². The van der Waals surface area contributed by atoms with Crippen molar-refractivity contribution in [1.29, 1.82) is 0 Å². The van der Waals surface area contributed by atoms with Crippen LogP contribution in [0.15, 0.2) is 65.8 Å². The number of benzene rings is 2. The first kappa shape index (κ1) is 17.9. The molecule has 0 saturated carbocycles. The average molecular weight is 312 g/mol. The molecule has 21 heavy (non-hydrogen) atoms. The van der Waals surface area contributed by atoms with E-state index >= 15 is 0 Å². The van der Waals surface area contributed by atoms with Gasteiger partial charge >= 0.3 is 29.6 Å². The van der Waals surface area contributed by atoms with Crippen LogP contribution in [0.1, 0.15) is 5.56 Å². The van der Waals surface area contributed by atoms with Gasteiger partial charge < -0.3 is 4.55 Å². The fraction of sp³-hybridized carbons (Fsp3) is 0.0714. The first-order valence-electron chi connectivity index (χ1n) is 5.91. The van der Waals surface area contributed by atoms with Gasteiger partial charge in [0.05, 0.1) is 17.2 Å². The summed E-state index contributed by atoms with van der Waals surface area (Å²) in [7, 11) is -4.40. The number of hydrazone groups is 1. The first-order valence-corrected chi connectivity index (χ1v) is 7.49. The van der Waals surface area contributed by atoms with Crippen LogP contribution in [-0.2, 0) is 10.1 Å². The molecule has 7 heteroatoms. The van der Waals surface area contributed by atoms with Crippen molar-refractivity contribution in [3.05, 3.63) is 66.2 Å². The van der Waals surface area contributed by atoms with Crippen molar-refractivity contribution in [1.82, 2.24) is 0 Å². The third-order valence-electron chi connectivity index (χ3n) is 2.51. The number of rotatable bonds is 5. The Labute approximate surface area is 146 Å². The monoisotopic (exact) mass is 312 g/mol. The van der Waals surface area contributed by atoms with Crippen molar-refractivity contribution in [3.63, 3.8) is 0 Å². The average Bonchev–Trinajstić information content (AvgIpc) is 2.44. The summed E-state index contributed by atoms with van der Waals surface area (Å²) in [6, 6.07) is 17.8. The second kappa shape index (κ2) is 8.31. The van der Waals surface area contributed by atoms with E-state index in [1.165, 1.54) is 0 Å². The molecular formula is C14H13N2NaO3S. The SMILES string of the molecule is O=S(=O)([O-])C/C(=N/Nc1ccccc1)c1ccccc1.[Na+]. The number of para-hydroxylation sites is 1. The summed E-state index contributed by atoms with van der Waals surface area (Å²) >= 11 is 0. The third kappa shape index (κ3) is 6.41. The largest absolute Gasteiger partial charge is 1.00 e. The van der Waals surface area contributed by atoms with E-state index in [0.29, 0.717) is 11.3 Å². The van der Waals surface area contributed by atoms with Crippen LogP contribution in [-0.4, -0.2) is 24.4 Å². The standard InChI is InChI=1S/C14H14N2O3S.Na/c17-20(18,19)11-14(12-7-3-1-4-8-12)16-15-13-9-5-2-6-10-13;/h1-10,15H,11H2,(H,17,18,19);/q;+1/p-1/b16-14-;. The molecule has 0 fully saturated rings. The maximum absolute atomic E-state index is 11.0. The molecule has 0 aliphatic carbocycles. The molecule has 0 aliphatic heterocycles. The molecule has 0 aromatic heterocycles. The van der Waals surface area contributed by atoms with E-state index in [0.717, 1.165) is 0 Å². The topological polar surface area (TPSA) is 81.6 Å². The Morgan fingerprint density at radius 2 is 1.52 bits per heavy atom. The minimum absolute atomic E-state index is 0. The molecule has 0 amide bonds. The Bertz CT molecular complexity index is 689. The zero-order valence-corrected chi connectivity index (χ0v) is 14.4. The summed E-state index contributed by atoms with van der Waals surface area (Å²) < 4.78 is 32.9. The molecule has 0 bridgehead atoms. The number of nitrogens with one attached hydrogen (secondary N) is 1. The van der Waals surface area contributed by atoms with Crippen LogP contribution in [0.4, 0.5) is 5.69 Å². The van der Waals surface area contributed by atoms with E-state index in [1.807, 2.05) is 18.2 Å². The van der Waals surface area contributed by atoms with Gasteiger partial charge in [-0.1, -0.05) is 48.5 Å². The molecule has 0 aliphatic rings. The minimum Gasteiger partial charge on any atom is -0.748 e. The van der Waals surface area contributed by atoms with Crippen LogP contribution in [0.2, 0.25) is 0 Å². The number of anilines is 1. The summed E-state index contributed by atoms with van der Waals surface area (Å²) in [4.78, 5) is 0. The summed E-state index contributed by atoms with van der Waals surface area (Å²) in [6.45, 7) is 0. The minimum atomic E-state index is -4.40. The molecular weight excluding hydrogens is 299 g/mol. The van der Waals surface area contributed by atoms with Crippen molar-refractivity contribution in [2.75, 3.05) is 11.2 Å². The second-order valence-electron chi connectivity index (χ2n) is 4.10. The molecule has 0 saturated heterocycles. The van der Waals surface area contributed by atoms with Gasteiger partial charge in [0.25, 0.3) is 0 Å². The van der Waals surface area contributed by atoms with Crippen molar-refractivity contribution in [3.8, 4) is 0 Å². The van der Waals surface area contributed by atoms with Gasteiger partial charge in [-0.3, -0.25) is 5.43 Å². The molecule has 2 rings (SSSR count). The third-order valence-corrected chi connectivity index (χ3v) is 3.14. The van der Waals surface area contributed by atoms with E-state index in [1.54, 1.807) is 42.5 Å². The fourth-order valence-corrected chi connectivity index (χ4v) is 2.19. The molecule has 0 unspecified atom stereocenters. The predicted octanol–water partition coefficient (Wildman–Crippen LogP) is -0.948. The predicted molar refractivity (Wildman–Crippen MR) is 77.6 cm³/mol. The molecule has 1 N–H and O–H groups in total. The maximum Gasteiger partial charge on any atom is 1.00 e. The normalized spacial score (nSPS) is 11.6. The fourth-order valence-electron chi connectivity index (χ4n) is 1.62. The van der Waals surface area contributed by atoms with Gasteiger partial charge in [0.2, 0.25) is 0 Å². The van der Waals surface area contributed by atoms with Crippen LogP contribution < -0.4 is 35.0 Å². The van der Waals surface area contributed by atoms with E-state index < -0.39 is 15.9 Å². The number of nitrogens with zero attached hydrogens (tertiary/aromatic N) is 1. The summed E-state index contributed by atoms with van der Waals surface area (Å²) in [5, 5.41) is 4.04. The van der Waals surface area contributed by atoms with Crippen molar-refractivity contribution >= 4 is 21.5 Å². The van der Waals surface area contributed by atoms with E-state index in [4.69, 9.17) is 0 Å². The number of hydrogen-bond donors (Lipinski definition) is 1. The van der Waals surface area contributed by atoms with E-state index in [9.17, 15) is 13.0 Å². The molecule has 2 aromatic carbocycles. The van der Waals surface area contributed by atoms with Gasteiger partial charge in [0, 0.05) is 0 Å². The first-order chi connectivity index (χ1) is 9.54. The Morgan fingerprint density at radius 1 is 1.00 bits per heavy atom. The summed E-state index contributed by atoms with van der Waals surface area (Å²) in [6.07, 6.45) is 0. The van der Waals surface area contributed by atoms with Crippen molar-refractivity contribution in [2.24, 2.45) is 5.10 Å². The Hall–Kier alpha value is -1.18. The van der Waals surface area contributed by atoms with Crippen LogP contribution in [0.5, 0.6) is 0 Å². The molecule has 0 heterocycles. The second-order valence-corrected chi connectivity index (χ2v) is 5.51. The van der Waals surface area contributed by atoms with Gasteiger partial charge in [-0.2, -0.15) is 5.10 Å². The van der Waals surface area contributed by atoms with Crippen LogP contribution in [0, 0.1) is 0 Å². The zero-order chi connectivity index (χ0) is 14.4. The van der Waals surface area contributed by atoms with Crippen LogP contribution in [0.3, 0.4) is 0 Å². The zero-order valence-electron chi connectivity index (χ0n) is 11.6. The molecule has 0 spiro atoms. The molecule has 0 atom stereocenters. The molecule has 0 radical (unpaired) electrons. The summed E-state index contributed by atoms with van der Waals surface area (Å²) in [5.41, 5.74) is 4.24. The Balaban J connectivity index is 0.00000220. The van der Waals surface area contributed by atoms with Gasteiger partial charge in [0.1, 0.15) is 10.1 Å². The van der Waals surface area contributed by atoms with Crippen molar-refractivity contribution < 1.29 is 42.5 Å². The van der Waals surface area contributed by atoms with Crippen molar-refractivity contribution in [2.45, 2.75) is 0 Å². The Kier molecular flexibility index (Phi) is 7.07. The maximum atomic E-state index is 11.0. The quantitative estimate of drug-likeness (QED) is 0.334. The molecule has 5 nitrogen and oxygen atoms in total. The Morgan fingerprint density at radius 3 is 2.05 bits per heavy atom. The smallest absolute Gasteiger partial charge is 0.748 e. The number of hydrogen-bond acceptors (Lipinski definition) is 5. The molecule has 2 aromatic rings. The van der Waals surface area contributed by atoms with Gasteiger partial charge in [0.15, 0.2) is 0 Å². The van der Waals surface area contributed by atoms with Crippen LogP contribution in [0.25, 0.3) is 0 Å². The van der Waals surface area contributed by atoms with Gasteiger partial charge in [-0.25, -0.2) is 8.42 Å². The molecule has 104 valence electrons. The van der Waals surface area contributed by atoms with Crippen LogP contribution >= 0.6 is 0 Å². The van der Waals surface area contributed by atoms with Gasteiger partial charge in [-0.15, -0.1) is 0 Å². The van der Waals surface area contributed by atoms with Gasteiger partial charge in [-0.05, 0) is 17.7 Å².